The molecule has 29 heavy (non-hydrogen) atoms. The Bertz CT molecular complexity index is 846. The number of benzene rings is 1. The molecule has 3 atom stereocenters. The van der Waals surface area contributed by atoms with Gasteiger partial charge in [0.1, 0.15) is 22.9 Å². The molecule has 3 unspecified atom stereocenters. The molecule has 0 radical (unpaired) electrons. The second kappa shape index (κ2) is 7.45. The van der Waals surface area contributed by atoms with E-state index in [1.165, 1.54) is 6.92 Å². The molecule has 1 saturated carbocycles. The molecule has 0 aromatic heterocycles. The summed E-state index contributed by atoms with van der Waals surface area (Å²) < 4.78 is 12.2. The van der Waals surface area contributed by atoms with Crippen molar-refractivity contribution in [3.05, 3.63) is 22.3 Å². The maximum Gasteiger partial charge on any atom is 0.308 e. The van der Waals surface area contributed by atoms with Crippen molar-refractivity contribution in [2.24, 2.45) is 17.3 Å². The normalized spacial score (nSPS) is 27.2. The van der Waals surface area contributed by atoms with Crippen molar-refractivity contribution in [2.75, 3.05) is 0 Å². The molecule has 1 aromatic carbocycles. The average Bonchev–Trinajstić information content (AvgIpc) is 2.62. The molecule has 1 heterocycles. The first kappa shape index (κ1) is 21.9. The van der Waals surface area contributed by atoms with Crippen molar-refractivity contribution in [1.82, 2.24) is 0 Å². The van der Waals surface area contributed by atoms with Gasteiger partial charge in [-0.2, -0.15) is 0 Å². The zero-order chi connectivity index (χ0) is 21.7. The fourth-order valence-corrected chi connectivity index (χ4v) is 5.20. The summed E-state index contributed by atoms with van der Waals surface area (Å²) in [6.07, 6.45) is 4.17. The summed E-state index contributed by atoms with van der Waals surface area (Å²) in [6, 6.07) is 0. The zero-order valence-corrected chi connectivity index (χ0v) is 19.3. The van der Waals surface area contributed by atoms with Crippen LogP contribution in [-0.2, 0) is 16.0 Å². The fourth-order valence-electron chi connectivity index (χ4n) is 5.20. The van der Waals surface area contributed by atoms with E-state index in [0.29, 0.717) is 23.9 Å². The number of ether oxygens (including phenoxy) is 2. The minimum Gasteiger partial charge on any atom is -0.486 e. The second-order valence-electron chi connectivity index (χ2n) is 10.4. The van der Waals surface area contributed by atoms with Crippen LogP contribution in [0.25, 0.3) is 0 Å². The van der Waals surface area contributed by atoms with Gasteiger partial charge in [-0.1, -0.05) is 20.8 Å². The Hall–Kier alpha value is -1.84. The molecule has 4 nitrogen and oxygen atoms in total. The molecule has 1 aromatic rings. The van der Waals surface area contributed by atoms with E-state index in [4.69, 9.17) is 9.47 Å². The van der Waals surface area contributed by atoms with Gasteiger partial charge in [-0.05, 0) is 81.4 Å². The van der Waals surface area contributed by atoms with Gasteiger partial charge in [0.05, 0.1) is 5.92 Å². The van der Waals surface area contributed by atoms with Gasteiger partial charge in [-0.3, -0.25) is 9.59 Å². The van der Waals surface area contributed by atoms with Crippen LogP contribution in [0.15, 0.2) is 0 Å². The number of carbonyl (C=O) groups is 2. The topological polar surface area (TPSA) is 52.6 Å². The molecule has 1 fully saturated rings. The van der Waals surface area contributed by atoms with Crippen molar-refractivity contribution in [1.29, 1.82) is 0 Å². The standard InChI is InChI=1S/C25H36O4/c1-14-15(2)23-19(16(3)22(14)28-17(4)26)11-12-25(8,29-23)20-13-18(24(5,6)7)9-10-21(20)27/h18,20H,9-13H2,1-8H3. The summed E-state index contributed by atoms with van der Waals surface area (Å²) in [5, 5.41) is 0. The molecule has 4 heteroatoms. The number of ketones is 1. The Morgan fingerprint density at radius 2 is 1.76 bits per heavy atom. The Kier molecular flexibility index (Phi) is 5.61. The minimum absolute atomic E-state index is 0.0678. The lowest BCUT2D eigenvalue weighted by Crippen LogP contribution is -2.50. The minimum atomic E-state index is -0.486. The molecule has 0 amide bonds. The lowest BCUT2D eigenvalue weighted by molar-refractivity contribution is -0.137. The number of esters is 1. The number of fused-ring (bicyclic) bond motifs is 1. The number of Topliss-reactive ketones (excluding diaryl/α,β-unsaturated/α-hetero) is 1. The van der Waals surface area contributed by atoms with Gasteiger partial charge in [-0.15, -0.1) is 0 Å². The highest BCUT2D eigenvalue weighted by Gasteiger charge is 2.48. The summed E-state index contributed by atoms with van der Waals surface area (Å²) in [5.41, 5.74) is 3.73. The van der Waals surface area contributed by atoms with Crippen LogP contribution in [0.1, 0.15) is 82.6 Å². The fraction of sp³-hybridized carbons (Fsp3) is 0.680. The third kappa shape index (κ3) is 3.95. The molecule has 1 aliphatic heterocycles. The lowest BCUT2D eigenvalue weighted by atomic mass is 9.64. The number of carbonyl (C=O) groups excluding carboxylic acids is 2. The third-order valence-electron chi connectivity index (χ3n) is 7.37. The Morgan fingerprint density at radius 3 is 2.34 bits per heavy atom. The maximum absolute atomic E-state index is 12.9. The zero-order valence-electron chi connectivity index (χ0n) is 19.3. The first-order chi connectivity index (χ1) is 13.3. The SMILES string of the molecule is CC(=O)Oc1c(C)c(C)c2c(c1C)CCC(C)(C1CC(C(C)(C)C)CCC1=O)O2. The van der Waals surface area contributed by atoms with Crippen molar-refractivity contribution in [3.8, 4) is 11.5 Å². The van der Waals surface area contributed by atoms with Crippen LogP contribution in [0.5, 0.6) is 11.5 Å². The van der Waals surface area contributed by atoms with Gasteiger partial charge >= 0.3 is 5.97 Å². The summed E-state index contributed by atoms with van der Waals surface area (Å²) >= 11 is 0. The number of hydrogen-bond acceptors (Lipinski definition) is 4. The largest absolute Gasteiger partial charge is 0.486 e. The quantitative estimate of drug-likeness (QED) is 0.475. The van der Waals surface area contributed by atoms with E-state index in [1.54, 1.807) is 0 Å². The summed E-state index contributed by atoms with van der Waals surface area (Å²) in [7, 11) is 0. The van der Waals surface area contributed by atoms with Gasteiger partial charge < -0.3 is 9.47 Å². The van der Waals surface area contributed by atoms with Crippen LogP contribution < -0.4 is 9.47 Å². The Labute approximate surface area is 175 Å². The van der Waals surface area contributed by atoms with Crippen LogP contribution in [0.3, 0.4) is 0 Å². The van der Waals surface area contributed by atoms with Crippen molar-refractivity contribution in [2.45, 2.75) is 93.1 Å². The first-order valence-electron chi connectivity index (χ1n) is 10.9. The summed E-state index contributed by atoms with van der Waals surface area (Å²) in [5.74, 6) is 2.04. The molecule has 3 rings (SSSR count). The van der Waals surface area contributed by atoms with Gasteiger partial charge in [0.15, 0.2) is 0 Å². The van der Waals surface area contributed by atoms with E-state index in [-0.39, 0.29) is 17.3 Å². The van der Waals surface area contributed by atoms with Crippen molar-refractivity contribution >= 4 is 11.8 Å². The summed E-state index contributed by atoms with van der Waals surface area (Å²) in [6.45, 7) is 16.4. The maximum atomic E-state index is 12.9. The predicted octanol–water partition coefficient (Wildman–Crippen LogP) is 5.65. The molecule has 0 spiro atoms. The van der Waals surface area contributed by atoms with E-state index < -0.39 is 5.60 Å². The van der Waals surface area contributed by atoms with E-state index in [1.807, 2.05) is 20.8 Å². The highest BCUT2D eigenvalue weighted by Crippen LogP contribution is 2.49. The Morgan fingerprint density at radius 1 is 1.10 bits per heavy atom. The van der Waals surface area contributed by atoms with Crippen LogP contribution in [-0.4, -0.2) is 17.4 Å². The number of rotatable bonds is 2. The average molecular weight is 401 g/mol. The molecule has 0 bridgehead atoms. The van der Waals surface area contributed by atoms with Crippen LogP contribution in [0, 0.1) is 38.0 Å². The smallest absolute Gasteiger partial charge is 0.308 e. The lowest BCUT2D eigenvalue weighted by Gasteiger charge is -2.47. The molecule has 0 saturated heterocycles. The Balaban J connectivity index is 1.97. The highest BCUT2D eigenvalue weighted by atomic mass is 16.5. The molecular weight excluding hydrogens is 364 g/mol. The van der Waals surface area contributed by atoms with Gasteiger partial charge in [-0.25, -0.2) is 0 Å². The predicted molar refractivity (Wildman–Crippen MR) is 115 cm³/mol. The number of hydrogen-bond donors (Lipinski definition) is 0. The van der Waals surface area contributed by atoms with E-state index in [2.05, 4.69) is 27.7 Å². The summed E-state index contributed by atoms with van der Waals surface area (Å²) in [4.78, 5) is 24.5. The van der Waals surface area contributed by atoms with Crippen molar-refractivity contribution in [3.63, 3.8) is 0 Å². The van der Waals surface area contributed by atoms with E-state index in [9.17, 15) is 9.59 Å². The van der Waals surface area contributed by atoms with E-state index >= 15 is 0 Å². The highest BCUT2D eigenvalue weighted by molar-refractivity contribution is 5.83. The van der Waals surface area contributed by atoms with Crippen LogP contribution >= 0.6 is 0 Å². The third-order valence-corrected chi connectivity index (χ3v) is 7.37. The molecule has 1 aliphatic carbocycles. The molecule has 2 aliphatic rings. The molecular formula is C25H36O4. The van der Waals surface area contributed by atoms with Crippen LogP contribution in [0.2, 0.25) is 0 Å². The van der Waals surface area contributed by atoms with E-state index in [0.717, 1.165) is 53.7 Å². The monoisotopic (exact) mass is 400 g/mol. The van der Waals surface area contributed by atoms with Crippen LogP contribution in [0.4, 0.5) is 0 Å². The van der Waals surface area contributed by atoms with Crippen molar-refractivity contribution < 1.29 is 19.1 Å². The van der Waals surface area contributed by atoms with Gasteiger partial charge in [0.25, 0.3) is 0 Å². The van der Waals surface area contributed by atoms with Gasteiger partial charge in [0, 0.05) is 18.9 Å². The first-order valence-corrected chi connectivity index (χ1v) is 10.9. The molecule has 0 N–H and O–H groups in total. The second-order valence-corrected chi connectivity index (χ2v) is 10.4. The van der Waals surface area contributed by atoms with Gasteiger partial charge in [0.2, 0.25) is 0 Å². The molecule has 160 valence electrons.